The molecule has 1 aromatic rings. The van der Waals surface area contributed by atoms with Gasteiger partial charge in [-0.3, -0.25) is 0 Å². The molecule has 0 spiro atoms. The van der Waals surface area contributed by atoms with Gasteiger partial charge < -0.3 is 4.90 Å². The average molecular weight is 307 g/mol. The van der Waals surface area contributed by atoms with E-state index in [9.17, 15) is 4.39 Å². The molecule has 1 aromatic carbocycles. The van der Waals surface area contributed by atoms with Crippen LogP contribution in [0.2, 0.25) is 0 Å². The van der Waals surface area contributed by atoms with Crippen molar-refractivity contribution in [1.82, 2.24) is 0 Å². The first kappa shape index (κ1) is 11.8. The Hall–Kier alpha value is -0.320. The molecule has 1 nitrogen and oxygen atoms in total. The van der Waals surface area contributed by atoms with Gasteiger partial charge in [-0.25, -0.2) is 4.39 Å². The average Bonchev–Trinajstić information content (AvgIpc) is 2.01. The lowest BCUT2D eigenvalue weighted by Crippen LogP contribution is -2.13. The Balaban J connectivity index is 3.37. The van der Waals surface area contributed by atoms with Gasteiger partial charge in [0.1, 0.15) is 5.82 Å². The quantitative estimate of drug-likeness (QED) is 0.754. The third kappa shape index (κ3) is 2.38. The zero-order chi connectivity index (χ0) is 10.9. The molecule has 0 unspecified atom stereocenters. The van der Waals surface area contributed by atoms with Gasteiger partial charge in [-0.15, -0.1) is 0 Å². The fraction of sp³-hybridized carbons (Fsp3) is 0.455. The van der Waals surface area contributed by atoms with E-state index in [4.69, 9.17) is 0 Å². The van der Waals surface area contributed by atoms with Crippen molar-refractivity contribution in [2.24, 2.45) is 0 Å². The van der Waals surface area contributed by atoms with Gasteiger partial charge in [-0.2, -0.15) is 0 Å². The van der Waals surface area contributed by atoms with Crippen LogP contribution in [0.1, 0.15) is 25.3 Å². The molecule has 0 aliphatic carbocycles. The van der Waals surface area contributed by atoms with Crippen molar-refractivity contribution in [3.05, 3.63) is 27.1 Å². The molecular weight excluding hydrogens is 292 g/mol. The van der Waals surface area contributed by atoms with E-state index in [-0.39, 0.29) is 11.7 Å². The molecule has 0 aromatic heterocycles. The smallest absolute Gasteiger partial charge is 0.129 e. The van der Waals surface area contributed by atoms with Crippen molar-refractivity contribution in [2.45, 2.75) is 19.8 Å². The predicted molar refractivity (Wildman–Crippen MR) is 67.5 cm³/mol. The highest BCUT2D eigenvalue weighted by atomic mass is 127. The van der Waals surface area contributed by atoms with Crippen molar-refractivity contribution >= 4 is 28.3 Å². The van der Waals surface area contributed by atoms with Crippen molar-refractivity contribution in [2.75, 3.05) is 19.0 Å². The minimum absolute atomic E-state index is 0.101. The molecule has 0 aliphatic heterocycles. The lowest BCUT2D eigenvalue weighted by molar-refractivity contribution is 0.597. The standard InChI is InChI=1S/C11H15FIN/c1-7(2)11-9(12)5-8(13)6-10(11)14(3)4/h5-7H,1-4H3. The van der Waals surface area contributed by atoms with E-state index < -0.39 is 0 Å². The zero-order valence-electron chi connectivity index (χ0n) is 8.94. The second-order valence-corrected chi connectivity index (χ2v) is 5.12. The van der Waals surface area contributed by atoms with Crippen LogP contribution in [0, 0.1) is 9.39 Å². The Morgan fingerprint density at radius 3 is 2.29 bits per heavy atom. The van der Waals surface area contributed by atoms with Gasteiger partial charge >= 0.3 is 0 Å². The molecule has 78 valence electrons. The van der Waals surface area contributed by atoms with Crippen LogP contribution in [0.15, 0.2) is 12.1 Å². The predicted octanol–water partition coefficient (Wildman–Crippen LogP) is 3.62. The number of nitrogens with zero attached hydrogens (tertiary/aromatic N) is 1. The Morgan fingerprint density at radius 1 is 1.29 bits per heavy atom. The second-order valence-electron chi connectivity index (χ2n) is 3.87. The Labute approximate surface area is 98.4 Å². The van der Waals surface area contributed by atoms with E-state index in [1.54, 1.807) is 6.07 Å². The lowest BCUT2D eigenvalue weighted by Gasteiger charge is -2.20. The molecule has 0 bridgehead atoms. The molecule has 0 atom stereocenters. The van der Waals surface area contributed by atoms with Crippen LogP contribution in [-0.4, -0.2) is 14.1 Å². The van der Waals surface area contributed by atoms with Crippen LogP contribution in [0.4, 0.5) is 10.1 Å². The van der Waals surface area contributed by atoms with Gasteiger partial charge in [0, 0.05) is 28.9 Å². The summed E-state index contributed by atoms with van der Waals surface area (Å²) in [5.74, 6) is 0.111. The molecule has 14 heavy (non-hydrogen) atoms. The van der Waals surface area contributed by atoms with Crippen LogP contribution < -0.4 is 4.90 Å². The van der Waals surface area contributed by atoms with Crippen molar-refractivity contribution in [1.29, 1.82) is 0 Å². The summed E-state index contributed by atoms with van der Waals surface area (Å²) in [7, 11) is 3.88. The highest BCUT2D eigenvalue weighted by Gasteiger charge is 2.14. The number of hydrogen-bond donors (Lipinski definition) is 0. The third-order valence-electron chi connectivity index (χ3n) is 2.13. The maximum absolute atomic E-state index is 13.7. The molecular formula is C11H15FIN. The molecule has 3 heteroatoms. The van der Waals surface area contributed by atoms with Gasteiger partial charge in [0.2, 0.25) is 0 Å². The van der Waals surface area contributed by atoms with Gasteiger partial charge in [0.15, 0.2) is 0 Å². The molecule has 0 heterocycles. The maximum Gasteiger partial charge on any atom is 0.129 e. The molecule has 1 rings (SSSR count). The fourth-order valence-electron chi connectivity index (χ4n) is 1.51. The maximum atomic E-state index is 13.7. The summed E-state index contributed by atoms with van der Waals surface area (Å²) in [5, 5.41) is 0. The van der Waals surface area contributed by atoms with Gasteiger partial charge in [-0.05, 0) is 40.6 Å². The summed E-state index contributed by atoms with van der Waals surface area (Å²) in [6, 6.07) is 3.60. The van der Waals surface area contributed by atoms with E-state index >= 15 is 0 Å². The molecule has 0 saturated heterocycles. The SMILES string of the molecule is CC(C)c1c(F)cc(I)cc1N(C)C. The second kappa shape index (κ2) is 4.47. The van der Waals surface area contributed by atoms with E-state index in [2.05, 4.69) is 22.6 Å². The van der Waals surface area contributed by atoms with Crippen LogP contribution >= 0.6 is 22.6 Å². The fourth-order valence-corrected chi connectivity index (χ4v) is 2.08. The van der Waals surface area contributed by atoms with Crippen LogP contribution in [0.25, 0.3) is 0 Å². The highest BCUT2D eigenvalue weighted by Crippen LogP contribution is 2.30. The van der Waals surface area contributed by atoms with E-state index in [1.807, 2.05) is 38.9 Å². The number of anilines is 1. The normalized spacial score (nSPS) is 10.8. The topological polar surface area (TPSA) is 3.24 Å². The van der Waals surface area contributed by atoms with Crippen molar-refractivity contribution < 1.29 is 4.39 Å². The molecule has 0 N–H and O–H groups in total. The Kier molecular flexibility index (Phi) is 3.75. The van der Waals surface area contributed by atoms with E-state index in [0.717, 1.165) is 14.8 Å². The first-order valence-electron chi connectivity index (χ1n) is 4.59. The third-order valence-corrected chi connectivity index (χ3v) is 2.75. The molecule has 0 radical (unpaired) electrons. The minimum Gasteiger partial charge on any atom is -0.377 e. The summed E-state index contributed by atoms with van der Waals surface area (Å²) in [4.78, 5) is 1.96. The number of halogens is 2. The number of rotatable bonds is 2. The monoisotopic (exact) mass is 307 g/mol. The number of hydrogen-bond acceptors (Lipinski definition) is 1. The summed E-state index contributed by atoms with van der Waals surface area (Å²) in [5.41, 5.74) is 1.78. The zero-order valence-corrected chi connectivity index (χ0v) is 11.1. The molecule has 0 saturated carbocycles. The molecule has 0 amide bonds. The Morgan fingerprint density at radius 2 is 1.86 bits per heavy atom. The van der Waals surface area contributed by atoms with Gasteiger partial charge in [-0.1, -0.05) is 13.8 Å². The molecule has 0 fully saturated rings. The summed E-state index contributed by atoms with van der Waals surface area (Å²) >= 11 is 2.14. The minimum atomic E-state index is -0.101. The number of benzene rings is 1. The van der Waals surface area contributed by atoms with Crippen LogP contribution in [-0.2, 0) is 0 Å². The summed E-state index contributed by atoms with van der Waals surface area (Å²) < 4.78 is 14.6. The first-order valence-corrected chi connectivity index (χ1v) is 5.67. The lowest BCUT2D eigenvalue weighted by atomic mass is 10.00. The van der Waals surface area contributed by atoms with E-state index in [0.29, 0.717) is 0 Å². The van der Waals surface area contributed by atoms with Gasteiger partial charge in [0.05, 0.1) is 0 Å². The van der Waals surface area contributed by atoms with E-state index in [1.165, 1.54) is 0 Å². The summed E-state index contributed by atoms with van der Waals surface area (Å²) in [6.45, 7) is 4.02. The highest BCUT2D eigenvalue weighted by molar-refractivity contribution is 14.1. The molecule has 0 aliphatic rings. The van der Waals surface area contributed by atoms with Crippen molar-refractivity contribution in [3.8, 4) is 0 Å². The van der Waals surface area contributed by atoms with Crippen molar-refractivity contribution in [3.63, 3.8) is 0 Å². The summed E-state index contributed by atoms with van der Waals surface area (Å²) in [6.07, 6.45) is 0. The van der Waals surface area contributed by atoms with Crippen LogP contribution in [0.5, 0.6) is 0 Å². The largest absolute Gasteiger partial charge is 0.377 e. The Bertz CT molecular complexity index is 334. The van der Waals surface area contributed by atoms with Crippen LogP contribution in [0.3, 0.4) is 0 Å². The first-order chi connectivity index (χ1) is 6.43. The van der Waals surface area contributed by atoms with Gasteiger partial charge in [0.25, 0.3) is 0 Å².